The summed E-state index contributed by atoms with van der Waals surface area (Å²) in [6.07, 6.45) is 3.22. The number of nitrogens with zero attached hydrogens (tertiary/aromatic N) is 2. The lowest BCUT2D eigenvalue weighted by Crippen LogP contribution is -2.17. The Bertz CT molecular complexity index is 384. The summed E-state index contributed by atoms with van der Waals surface area (Å²) in [5.74, 6) is 1.96. The molecule has 5 nitrogen and oxygen atoms in total. The summed E-state index contributed by atoms with van der Waals surface area (Å²) in [4.78, 5) is 4.51. The highest BCUT2D eigenvalue weighted by Crippen LogP contribution is 2.33. The minimum atomic E-state index is -0.162. The molecule has 0 aromatic carbocycles. The highest BCUT2D eigenvalue weighted by Gasteiger charge is 2.28. The van der Waals surface area contributed by atoms with Crippen LogP contribution in [0.4, 0.5) is 0 Å². The van der Waals surface area contributed by atoms with Gasteiger partial charge in [0.2, 0.25) is 11.7 Å². The van der Waals surface area contributed by atoms with Gasteiger partial charge in [0.05, 0.1) is 6.10 Å². The third-order valence-corrected chi connectivity index (χ3v) is 3.71. The molecule has 0 aliphatic heterocycles. The second-order valence-electron chi connectivity index (χ2n) is 5.62. The minimum Gasteiger partial charge on any atom is -0.393 e. The van der Waals surface area contributed by atoms with E-state index in [-0.39, 0.29) is 12.2 Å². The smallest absolute Gasteiger partial charge is 0.229 e. The lowest BCUT2D eigenvalue weighted by Gasteiger charge is -2.22. The topological polar surface area (TPSA) is 68.4 Å². The molecule has 0 amide bonds. The number of ether oxygens (including phenoxy) is 1. The van der Waals surface area contributed by atoms with Crippen molar-refractivity contribution in [1.82, 2.24) is 10.1 Å². The van der Waals surface area contributed by atoms with E-state index >= 15 is 0 Å². The number of hydrogen-bond acceptors (Lipinski definition) is 5. The van der Waals surface area contributed by atoms with E-state index in [1.165, 1.54) is 0 Å². The quantitative estimate of drug-likeness (QED) is 0.889. The molecule has 1 atom stereocenters. The Labute approximate surface area is 114 Å². The van der Waals surface area contributed by atoms with Crippen LogP contribution in [0.15, 0.2) is 4.52 Å². The summed E-state index contributed by atoms with van der Waals surface area (Å²) in [7, 11) is 0. The zero-order valence-corrected chi connectivity index (χ0v) is 12.0. The van der Waals surface area contributed by atoms with Gasteiger partial charge in [0.15, 0.2) is 0 Å². The monoisotopic (exact) mass is 268 g/mol. The predicted octanol–water partition coefficient (Wildman–Crippen LogP) is 2.82. The molecule has 1 aliphatic rings. The highest BCUT2D eigenvalue weighted by atomic mass is 16.5. The Hall–Kier alpha value is -0.940. The van der Waals surface area contributed by atoms with Gasteiger partial charge in [-0.3, -0.25) is 0 Å². The van der Waals surface area contributed by atoms with Crippen LogP contribution in [-0.2, 0) is 4.74 Å². The maximum atomic E-state index is 9.52. The zero-order valence-electron chi connectivity index (χ0n) is 12.0. The van der Waals surface area contributed by atoms with Crippen LogP contribution in [0, 0.1) is 5.92 Å². The van der Waals surface area contributed by atoms with Gasteiger partial charge in [-0.05, 0) is 38.5 Å². The van der Waals surface area contributed by atoms with E-state index in [9.17, 15) is 5.11 Å². The molecule has 108 valence electrons. The third kappa shape index (κ3) is 3.54. The van der Waals surface area contributed by atoms with E-state index in [0.29, 0.717) is 30.2 Å². The van der Waals surface area contributed by atoms with Crippen LogP contribution in [0.1, 0.15) is 70.2 Å². The fraction of sp³-hybridized carbons (Fsp3) is 0.857. The van der Waals surface area contributed by atoms with Crippen LogP contribution in [-0.4, -0.2) is 28.0 Å². The predicted molar refractivity (Wildman–Crippen MR) is 70.7 cm³/mol. The van der Waals surface area contributed by atoms with Crippen LogP contribution in [0.3, 0.4) is 0 Å². The lowest BCUT2D eigenvalue weighted by molar-refractivity contribution is 0.0217. The van der Waals surface area contributed by atoms with E-state index in [2.05, 4.69) is 24.0 Å². The molecule has 0 saturated heterocycles. The largest absolute Gasteiger partial charge is 0.393 e. The number of aromatic nitrogens is 2. The number of aliphatic hydroxyl groups excluding tert-OH is 1. The van der Waals surface area contributed by atoms with E-state index < -0.39 is 0 Å². The molecule has 1 saturated carbocycles. The standard InChI is InChI=1S/C14H24N2O3/c1-4-18-12(9(2)3)13-15-14(19-16-13)10-5-7-11(17)8-6-10/h9-12,17H,4-8H2,1-3H3. The van der Waals surface area contributed by atoms with Gasteiger partial charge in [0, 0.05) is 12.5 Å². The average molecular weight is 268 g/mol. The van der Waals surface area contributed by atoms with Gasteiger partial charge in [0.1, 0.15) is 6.10 Å². The van der Waals surface area contributed by atoms with E-state index in [4.69, 9.17) is 9.26 Å². The summed E-state index contributed by atoms with van der Waals surface area (Å²) in [5.41, 5.74) is 0. The molecule has 0 radical (unpaired) electrons. The van der Waals surface area contributed by atoms with E-state index in [0.717, 1.165) is 25.7 Å². The zero-order chi connectivity index (χ0) is 13.8. The Morgan fingerprint density at radius 2 is 2.00 bits per heavy atom. The molecule has 1 N–H and O–H groups in total. The fourth-order valence-electron chi connectivity index (χ4n) is 2.60. The molecular weight excluding hydrogens is 244 g/mol. The van der Waals surface area contributed by atoms with Gasteiger partial charge in [0.25, 0.3) is 0 Å². The first-order chi connectivity index (χ1) is 9.11. The minimum absolute atomic E-state index is 0.100. The highest BCUT2D eigenvalue weighted by molar-refractivity contribution is 4.99. The molecule has 5 heteroatoms. The molecule has 1 aliphatic carbocycles. The number of rotatable bonds is 5. The van der Waals surface area contributed by atoms with Crippen molar-refractivity contribution in [1.29, 1.82) is 0 Å². The number of aliphatic hydroxyl groups is 1. The first-order valence-electron chi connectivity index (χ1n) is 7.25. The third-order valence-electron chi connectivity index (χ3n) is 3.71. The van der Waals surface area contributed by atoms with Crippen molar-refractivity contribution in [2.75, 3.05) is 6.61 Å². The van der Waals surface area contributed by atoms with Crippen LogP contribution in [0.5, 0.6) is 0 Å². The van der Waals surface area contributed by atoms with Crippen molar-refractivity contribution in [3.63, 3.8) is 0 Å². The van der Waals surface area contributed by atoms with Gasteiger partial charge in [-0.1, -0.05) is 19.0 Å². The summed E-state index contributed by atoms with van der Waals surface area (Å²) in [6, 6.07) is 0. The molecule has 2 rings (SSSR count). The van der Waals surface area contributed by atoms with Crippen molar-refractivity contribution in [2.24, 2.45) is 5.92 Å². The molecule has 0 bridgehead atoms. The molecule has 1 fully saturated rings. The SMILES string of the molecule is CCOC(c1noc(C2CCC(O)CC2)n1)C(C)C. The first-order valence-corrected chi connectivity index (χ1v) is 7.25. The summed E-state index contributed by atoms with van der Waals surface area (Å²) in [5, 5.41) is 13.6. The maximum absolute atomic E-state index is 9.52. The van der Waals surface area contributed by atoms with Gasteiger partial charge in [-0.2, -0.15) is 4.98 Å². The van der Waals surface area contributed by atoms with Crippen molar-refractivity contribution in [3.8, 4) is 0 Å². The fourth-order valence-corrected chi connectivity index (χ4v) is 2.60. The normalized spacial score (nSPS) is 25.7. The Kier molecular flexibility index (Phi) is 4.93. The van der Waals surface area contributed by atoms with Gasteiger partial charge < -0.3 is 14.4 Å². The molecular formula is C14H24N2O3. The molecule has 1 aromatic heterocycles. The molecule has 0 spiro atoms. The van der Waals surface area contributed by atoms with Gasteiger partial charge >= 0.3 is 0 Å². The van der Waals surface area contributed by atoms with Crippen molar-refractivity contribution in [2.45, 2.75) is 64.6 Å². The van der Waals surface area contributed by atoms with E-state index in [1.54, 1.807) is 0 Å². The van der Waals surface area contributed by atoms with Crippen LogP contribution in [0.25, 0.3) is 0 Å². The van der Waals surface area contributed by atoms with Crippen LogP contribution < -0.4 is 0 Å². The first kappa shape index (κ1) is 14.5. The molecule has 19 heavy (non-hydrogen) atoms. The molecule has 1 aromatic rings. The Morgan fingerprint density at radius 1 is 1.32 bits per heavy atom. The van der Waals surface area contributed by atoms with Gasteiger partial charge in [-0.15, -0.1) is 0 Å². The molecule has 1 heterocycles. The van der Waals surface area contributed by atoms with Gasteiger partial charge in [-0.25, -0.2) is 0 Å². The summed E-state index contributed by atoms with van der Waals surface area (Å²) < 4.78 is 11.1. The number of hydrogen-bond donors (Lipinski definition) is 1. The van der Waals surface area contributed by atoms with E-state index in [1.807, 2.05) is 6.92 Å². The Morgan fingerprint density at radius 3 is 2.58 bits per heavy atom. The van der Waals surface area contributed by atoms with Crippen molar-refractivity contribution >= 4 is 0 Å². The maximum Gasteiger partial charge on any atom is 0.229 e. The summed E-state index contributed by atoms with van der Waals surface area (Å²) >= 11 is 0. The second kappa shape index (κ2) is 6.48. The van der Waals surface area contributed by atoms with Crippen molar-refractivity contribution in [3.05, 3.63) is 11.7 Å². The van der Waals surface area contributed by atoms with Crippen molar-refractivity contribution < 1.29 is 14.4 Å². The van der Waals surface area contributed by atoms with Crippen LogP contribution >= 0.6 is 0 Å². The second-order valence-corrected chi connectivity index (χ2v) is 5.62. The molecule has 1 unspecified atom stereocenters. The summed E-state index contributed by atoms with van der Waals surface area (Å²) in [6.45, 7) is 6.79. The Balaban J connectivity index is 2.05. The average Bonchev–Trinajstić information content (AvgIpc) is 2.85. The lowest BCUT2D eigenvalue weighted by atomic mass is 9.87. The van der Waals surface area contributed by atoms with Crippen LogP contribution in [0.2, 0.25) is 0 Å².